The summed E-state index contributed by atoms with van der Waals surface area (Å²) in [7, 11) is 0. The zero-order chi connectivity index (χ0) is 17.8. The molecule has 0 spiro atoms. The van der Waals surface area contributed by atoms with E-state index in [0.29, 0.717) is 6.42 Å². The molecular weight excluding hydrogens is 320 g/mol. The first kappa shape index (κ1) is 17.5. The van der Waals surface area contributed by atoms with Gasteiger partial charge in [-0.25, -0.2) is 0 Å². The fourth-order valence-corrected chi connectivity index (χ4v) is 4.61. The van der Waals surface area contributed by atoms with Gasteiger partial charge >= 0.3 is 0 Å². The summed E-state index contributed by atoms with van der Waals surface area (Å²) in [5, 5.41) is 9.18. The van der Waals surface area contributed by atoms with Gasteiger partial charge in [-0.15, -0.1) is 0 Å². The number of benzene rings is 1. The molecule has 0 bridgehead atoms. The van der Waals surface area contributed by atoms with Crippen LogP contribution in [0.5, 0.6) is 0 Å². The van der Waals surface area contributed by atoms with Crippen molar-refractivity contribution in [3.8, 4) is 11.3 Å². The van der Waals surface area contributed by atoms with Gasteiger partial charge in [0.25, 0.3) is 0 Å². The van der Waals surface area contributed by atoms with E-state index in [4.69, 9.17) is 4.98 Å². The van der Waals surface area contributed by atoms with E-state index in [2.05, 4.69) is 29.2 Å². The molecule has 4 rings (SSSR count). The number of aromatic nitrogens is 1. The van der Waals surface area contributed by atoms with E-state index in [-0.39, 0.29) is 6.61 Å². The smallest absolute Gasteiger partial charge is 0.0705 e. The Hall–Kier alpha value is -1.87. The van der Waals surface area contributed by atoms with Gasteiger partial charge in [-0.1, -0.05) is 31.4 Å². The highest BCUT2D eigenvalue weighted by Gasteiger charge is 2.24. The molecule has 1 N–H and O–H groups in total. The van der Waals surface area contributed by atoms with Crippen molar-refractivity contribution in [2.45, 2.75) is 63.8 Å². The normalized spacial score (nSPS) is 18.4. The van der Waals surface area contributed by atoms with Crippen molar-refractivity contribution in [1.29, 1.82) is 0 Å². The fourth-order valence-electron chi connectivity index (χ4n) is 4.61. The summed E-state index contributed by atoms with van der Waals surface area (Å²) in [5.41, 5.74) is 6.13. The van der Waals surface area contributed by atoms with Crippen molar-refractivity contribution >= 4 is 5.69 Å². The van der Waals surface area contributed by atoms with E-state index in [9.17, 15) is 5.11 Å². The van der Waals surface area contributed by atoms with E-state index in [1.165, 1.54) is 74.7 Å². The maximum Gasteiger partial charge on any atom is 0.0705 e. The summed E-state index contributed by atoms with van der Waals surface area (Å²) in [5.74, 6) is 0. The Morgan fingerprint density at radius 3 is 2.73 bits per heavy atom. The zero-order valence-electron chi connectivity index (χ0n) is 15.7. The van der Waals surface area contributed by atoms with Gasteiger partial charge in [0.1, 0.15) is 0 Å². The maximum absolute atomic E-state index is 9.18. The molecule has 2 aromatic rings. The zero-order valence-corrected chi connectivity index (χ0v) is 15.7. The number of pyridine rings is 1. The molecule has 3 nitrogen and oxygen atoms in total. The Labute approximate surface area is 157 Å². The number of anilines is 1. The van der Waals surface area contributed by atoms with Crippen LogP contribution in [0.1, 0.15) is 56.2 Å². The highest BCUT2D eigenvalue weighted by Crippen LogP contribution is 2.35. The summed E-state index contributed by atoms with van der Waals surface area (Å²) in [4.78, 5) is 7.45. The third-order valence-electron chi connectivity index (χ3n) is 5.97. The third kappa shape index (κ3) is 3.78. The number of aliphatic hydroxyl groups is 1. The summed E-state index contributed by atoms with van der Waals surface area (Å²) >= 11 is 0. The number of hydrogen-bond donors (Lipinski definition) is 1. The monoisotopic (exact) mass is 350 g/mol. The Morgan fingerprint density at radius 1 is 1.00 bits per heavy atom. The van der Waals surface area contributed by atoms with Crippen LogP contribution < -0.4 is 4.90 Å². The molecular formula is C23H30N2O. The molecule has 3 heteroatoms. The average molecular weight is 351 g/mol. The second kappa shape index (κ2) is 8.22. The van der Waals surface area contributed by atoms with E-state index < -0.39 is 0 Å². The molecule has 138 valence electrons. The predicted octanol–water partition coefficient (Wildman–Crippen LogP) is 4.76. The van der Waals surface area contributed by atoms with Crippen LogP contribution >= 0.6 is 0 Å². The topological polar surface area (TPSA) is 36.4 Å². The van der Waals surface area contributed by atoms with Gasteiger partial charge in [-0.05, 0) is 61.9 Å². The quantitative estimate of drug-likeness (QED) is 0.864. The number of rotatable bonds is 4. The van der Waals surface area contributed by atoms with Gasteiger partial charge in [-0.2, -0.15) is 0 Å². The van der Waals surface area contributed by atoms with Gasteiger partial charge in [0, 0.05) is 42.6 Å². The van der Waals surface area contributed by atoms with Gasteiger partial charge in [0.15, 0.2) is 0 Å². The first-order valence-corrected chi connectivity index (χ1v) is 10.3. The molecule has 1 aliphatic heterocycles. The Morgan fingerprint density at radius 2 is 1.88 bits per heavy atom. The van der Waals surface area contributed by atoms with Crippen LogP contribution in [0.3, 0.4) is 0 Å². The molecule has 1 aromatic heterocycles. The number of hydrogen-bond acceptors (Lipinski definition) is 3. The lowest BCUT2D eigenvalue weighted by molar-refractivity contribution is 0.298. The fraction of sp³-hybridized carbons (Fsp3) is 0.522. The summed E-state index contributed by atoms with van der Waals surface area (Å²) < 4.78 is 0. The summed E-state index contributed by atoms with van der Waals surface area (Å²) in [6.45, 7) is 1.36. The first-order chi connectivity index (χ1) is 12.8. The van der Waals surface area contributed by atoms with E-state index in [1.807, 2.05) is 12.1 Å². The molecule has 0 radical (unpaired) electrons. The number of nitrogens with zero attached hydrogens (tertiary/aromatic N) is 2. The predicted molar refractivity (Wildman–Crippen MR) is 108 cm³/mol. The molecule has 0 atom stereocenters. The van der Waals surface area contributed by atoms with Crippen LogP contribution in [0.4, 0.5) is 5.69 Å². The second-order valence-electron chi connectivity index (χ2n) is 7.77. The van der Waals surface area contributed by atoms with Crippen LogP contribution in [0.25, 0.3) is 11.3 Å². The van der Waals surface area contributed by atoms with Gasteiger partial charge in [-0.3, -0.25) is 4.98 Å². The first-order valence-electron chi connectivity index (χ1n) is 10.3. The lowest BCUT2D eigenvalue weighted by atomic mass is 9.93. The number of aryl methyl sites for hydroxylation is 1. The molecule has 1 saturated carbocycles. The van der Waals surface area contributed by atoms with Crippen molar-refractivity contribution in [2.24, 2.45) is 0 Å². The van der Waals surface area contributed by atoms with E-state index in [0.717, 1.165) is 17.4 Å². The van der Waals surface area contributed by atoms with E-state index >= 15 is 0 Å². The molecule has 2 heterocycles. The third-order valence-corrected chi connectivity index (χ3v) is 5.97. The van der Waals surface area contributed by atoms with Crippen molar-refractivity contribution < 1.29 is 5.11 Å². The Balaban J connectivity index is 1.64. The molecule has 0 saturated heterocycles. The highest BCUT2D eigenvalue weighted by atomic mass is 16.3. The Kier molecular flexibility index (Phi) is 5.54. The largest absolute Gasteiger partial charge is 0.396 e. The van der Waals surface area contributed by atoms with Crippen LogP contribution in [0.2, 0.25) is 0 Å². The minimum atomic E-state index is 0.150. The van der Waals surface area contributed by atoms with Crippen LogP contribution in [0.15, 0.2) is 36.4 Å². The molecule has 1 fully saturated rings. The second-order valence-corrected chi connectivity index (χ2v) is 7.77. The molecule has 26 heavy (non-hydrogen) atoms. The van der Waals surface area contributed by atoms with Gasteiger partial charge in [0.05, 0.1) is 5.69 Å². The molecule has 0 unspecified atom stereocenters. The Bertz CT molecular complexity index is 737. The summed E-state index contributed by atoms with van der Waals surface area (Å²) in [6, 6.07) is 13.8. The minimum absolute atomic E-state index is 0.150. The number of fused-ring (bicyclic) bond motifs is 1. The maximum atomic E-state index is 9.18. The van der Waals surface area contributed by atoms with Crippen LogP contribution in [-0.4, -0.2) is 29.3 Å². The van der Waals surface area contributed by atoms with Crippen LogP contribution in [-0.2, 0) is 12.8 Å². The lowest BCUT2D eigenvalue weighted by Gasteiger charge is -2.36. The van der Waals surface area contributed by atoms with Crippen molar-refractivity contribution in [1.82, 2.24) is 4.98 Å². The highest BCUT2D eigenvalue weighted by molar-refractivity contribution is 5.67. The molecule has 1 aliphatic carbocycles. The SMILES string of the molecule is OCCc1cccc(-c2ccc3c(c2)CCCCN3C2CCCCC2)n1. The van der Waals surface area contributed by atoms with Crippen molar-refractivity contribution in [2.75, 3.05) is 18.1 Å². The molecule has 1 aromatic carbocycles. The summed E-state index contributed by atoms with van der Waals surface area (Å²) in [6.07, 6.45) is 11.2. The lowest BCUT2D eigenvalue weighted by Crippen LogP contribution is -2.37. The minimum Gasteiger partial charge on any atom is -0.396 e. The van der Waals surface area contributed by atoms with Crippen molar-refractivity contribution in [3.63, 3.8) is 0 Å². The standard InChI is InChI=1S/C23H30N2O/c26-16-14-20-8-6-11-22(24-20)18-12-13-23-19(17-18)7-4-5-15-25(23)21-9-2-1-3-10-21/h6,8,11-13,17,21,26H,1-5,7,9-10,14-16H2. The average Bonchev–Trinajstić information content (AvgIpc) is 2.91. The molecule has 0 amide bonds. The van der Waals surface area contributed by atoms with Gasteiger partial charge < -0.3 is 10.0 Å². The number of aliphatic hydroxyl groups excluding tert-OH is 1. The van der Waals surface area contributed by atoms with E-state index in [1.54, 1.807) is 0 Å². The van der Waals surface area contributed by atoms with Crippen LogP contribution in [0, 0.1) is 0 Å². The molecule has 2 aliphatic rings. The van der Waals surface area contributed by atoms with Gasteiger partial charge in [0.2, 0.25) is 0 Å². The van der Waals surface area contributed by atoms with Crippen molar-refractivity contribution in [3.05, 3.63) is 47.7 Å².